The van der Waals surface area contributed by atoms with E-state index in [2.05, 4.69) is 15.3 Å². The summed E-state index contributed by atoms with van der Waals surface area (Å²) in [7, 11) is 0. The minimum Gasteiger partial charge on any atom is -0.445 e. The Balaban J connectivity index is 1.51. The van der Waals surface area contributed by atoms with Gasteiger partial charge in [-0.2, -0.15) is 0 Å². The van der Waals surface area contributed by atoms with Crippen molar-refractivity contribution in [1.82, 2.24) is 9.97 Å². The van der Waals surface area contributed by atoms with Crippen molar-refractivity contribution in [3.63, 3.8) is 0 Å². The molecule has 0 atom stereocenters. The van der Waals surface area contributed by atoms with Crippen molar-refractivity contribution >= 4 is 22.8 Å². The van der Waals surface area contributed by atoms with E-state index in [1.54, 1.807) is 6.20 Å². The van der Waals surface area contributed by atoms with E-state index in [4.69, 9.17) is 4.74 Å². The lowest BCUT2D eigenvalue weighted by Crippen LogP contribution is -2.01. The Morgan fingerprint density at radius 2 is 2.17 bits per heavy atom. The smallest absolute Gasteiger partial charge is 0.193 e. The molecule has 2 N–H and O–H groups in total. The van der Waals surface area contributed by atoms with Crippen LogP contribution in [0.2, 0.25) is 0 Å². The molecule has 0 amide bonds. The molecule has 0 bridgehead atoms. The zero-order valence-corrected chi connectivity index (χ0v) is 12.5. The monoisotopic (exact) mass is 325 g/mol. The number of hydrogen-bond acceptors (Lipinski definition) is 3. The van der Waals surface area contributed by atoms with Crippen molar-refractivity contribution < 1.29 is 13.5 Å². The van der Waals surface area contributed by atoms with Crippen molar-refractivity contribution in [1.29, 1.82) is 0 Å². The molecule has 24 heavy (non-hydrogen) atoms. The summed E-state index contributed by atoms with van der Waals surface area (Å²) in [4.78, 5) is 7.34. The Bertz CT molecular complexity index is 975. The molecular weight excluding hydrogens is 312 g/mol. The van der Waals surface area contributed by atoms with Gasteiger partial charge in [0.15, 0.2) is 5.88 Å². The van der Waals surface area contributed by atoms with Crippen LogP contribution in [0.4, 0.5) is 14.5 Å². The van der Waals surface area contributed by atoms with E-state index in [0.29, 0.717) is 12.3 Å². The maximum atomic E-state index is 13.7. The van der Waals surface area contributed by atoms with Crippen LogP contribution >= 0.6 is 0 Å². The van der Waals surface area contributed by atoms with Gasteiger partial charge in [0, 0.05) is 35.8 Å². The van der Waals surface area contributed by atoms with Crippen LogP contribution in [0, 0.1) is 11.6 Å². The Morgan fingerprint density at radius 1 is 1.25 bits per heavy atom. The summed E-state index contributed by atoms with van der Waals surface area (Å²) >= 11 is 0. The molecule has 1 aliphatic heterocycles. The number of pyridine rings is 1. The largest absolute Gasteiger partial charge is 0.445 e. The van der Waals surface area contributed by atoms with Gasteiger partial charge in [-0.05, 0) is 36.4 Å². The molecule has 0 unspecified atom stereocenters. The molecule has 120 valence electrons. The predicted molar refractivity (Wildman–Crippen MR) is 87.8 cm³/mol. The zero-order valence-electron chi connectivity index (χ0n) is 12.5. The van der Waals surface area contributed by atoms with Gasteiger partial charge >= 0.3 is 0 Å². The fourth-order valence-electron chi connectivity index (χ4n) is 2.58. The highest BCUT2D eigenvalue weighted by Gasteiger charge is 2.14. The number of fused-ring (bicyclic) bond motifs is 1. The molecule has 0 fully saturated rings. The van der Waals surface area contributed by atoms with Crippen LogP contribution in [0.1, 0.15) is 12.0 Å². The highest BCUT2D eigenvalue weighted by Crippen LogP contribution is 2.27. The number of nitrogens with one attached hydrogen (secondary N) is 2. The highest BCUT2D eigenvalue weighted by atomic mass is 19.1. The van der Waals surface area contributed by atoms with Gasteiger partial charge in [0.25, 0.3) is 0 Å². The van der Waals surface area contributed by atoms with E-state index in [-0.39, 0.29) is 5.69 Å². The lowest BCUT2D eigenvalue weighted by atomic mass is 10.2. The average Bonchev–Trinajstić information content (AvgIpc) is 3.18. The molecule has 2 aromatic heterocycles. The number of aromatic nitrogens is 2. The number of halogens is 2. The van der Waals surface area contributed by atoms with Crippen molar-refractivity contribution in [3.8, 4) is 0 Å². The van der Waals surface area contributed by atoms with Crippen LogP contribution in [0.25, 0.3) is 17.1 Å². The van der Waals surface area contributed by atoms with Crippen molar-refractivity contribution in [2.45, 2.75) is 6.42 Å². The fraction of sp³-hybridized carbons (Fsp3) is 0.0556. The summed E-state index contributed by atoms with van der Waals surface area (Å²) in [5.74, 6) is -0.137. The Kier molecular flexibility index (Phi) is 3.49. The first kappa shape index (κ1) is 14.4. The first-order valence-electron chi connectivity index (χ1n) is 7.42. The van der Waals surface area contributed by atoms with E-state index < -0.39 is 11.6 Å². The van der Waals surface area contributed by atoms with Crippen LogP contribution in [0.5, 0.6) is 0 Å². The first-order valence-corrected chi connectivity index (χ1v) is 7.42. The summed E-state index contributed by atoms with van der Waals surface area (Å²) in [6.45, 7) is 0. The topological polar surface area (TPSA) is 49.9 Å². The van der Waals surface area contributed by atoms with E-state index in [1.807, 2.05) is 30.5 Å². The number of anilines is 1. The molecule has 0 saturated carbocycles. The van der Waals surface area contributed by atoms with Gasteiger partial charge in [0.1, 0.15) is 23.0 Å². The maximum Gasteiger partial charge on any atom is 0.193 e. The summed E-state index contributed by atoms with van der Waals surface area (Å²) in [5, 5.41) is 3.82. The van der Waals surface area contributed by atoms with Gasteiger partial charge < -0.3 is 15.0 Å². The number of H-pyrrole nitrogens is 1. The predicted octanol–water partition coefficient (Wildman–Crippen LogP) is 4.56. The number of nitrogens with zero attached hydrogens (tertiary/aromatic N) is 1. The van der Waals surface area contributed by atoms with Crippen LogP contribution in [0.15, 0.2) is 60.4 Å². The number of ether oxygens (including phenoxy) is 1. The van der Waals surface area contributed by atoms with Gasteiger partial charge in [-0.15, -0.1) is 0 Å². The molecule has 0 radical (unpaired) electrons. The molecule has 4 rings (SSSR count). The molecule has 3 aromatic rings. The lowest BCUT2D eigenvalue weighted by Gasteiger charge is -2.09. The molecule has 4 nitrogen and oxygen atoms in total. The highest BCUT2D eigenvalue weighted by molar-refractivity contribution is 5.86. The summed E-state index contributed by atoms with van der Waals surface area (Å²) < 4.78 is 32.3. The minimum atomic E-state index is -0.667. The number of allylic oxidation sites excluding steroid dienone is 1. The molecule has 1 aliphatic rings. The molecule has 6 heteroatoms. The molecule has 1 aromatic carbocycles. The number of hydrogen-bond donors (Lipinski definition) is 2. The normalized spacial score (nSPS) is 15.6. The van der Waals surface area contributed by atoms with Gasteiger partial charge in [0.2, 0.25) is 0 Å². The number of rotatable bonds is 3. The van der Waals surface area contributed by atoms with Crippen molar-refractivity contribution in [2.75, 3.05) is 5.32 Å². The molecular formula is C18H13F2N3O. The van der Waals surface area contributed by atoms with Gasteiger partial charge in [0.05, 0.1) is 5.69 Å². The van der Waals surface area contributed by atoms with Gasteiger partial charge in [-0.1, -0.05) is 0 Å². The third-order valence-electron chi connectivity index (χ3n) is 3.72. The maximum absolute atomic E-state index is 13.7. The lowest BCUT2D eigenvalue weighted by molar-refractivity contribution is 0.333. The van der Waals surface area contributed by atoms with E-state index >= 15 is 0 Å². The fourth-order valence-corrected chi connectivity index (χ4v) is 2.58. The Hall–Kier alpha value is -3.15. The van der Waals surface area contributed by atoms with E-state index in [0.717, 1.165) is 28.4 Å². The molecule has 3 heterocycles. The Morgan fingerprint density at radius 3 is 3.04 bits per heavy atom. The second kappa shape index (κ2) is 5.81. The quantitative estimate of drug-likeness (QED) is 0.742. The second-order valence-electron chi connectivity index (χ2n) is 5.38. The average molecular weight is 325 g/mol. The SMILES string of the molecule is Fc1ccc(NC2=CCC(=Cc3c[nH]c4ncccc34)O2)c(F)c1. The summed E-state index contributed by atoms with van der Waals surface area (Å²) in [6.07, 6.45) is 7.88. The molecule has 0 spiro atoms. The standard InChI is InChI=1S/C18H13F2N3O/c19-12-3-5-16(15(20)9-12)23-17-6-4-13(24-17)8-11-10-22-18-14(11)2-1-7-21-18/h1-3,5-10,23H,4H2,(H,21,22). The van der Waals surface area contributed by atoms with E-state index in [9.17, 15) is 8.78 Å². The first-order chi connectivity index (χ1) is 11.7. The van der Waals surface area contributed by atoms with Crippen LogP contribution in [-0.4, -0.2) is 9.97 Å². The summed E-state index contributed by atoms with van der Waals surface area (Å²) in [5.41, 5.74) is 1.94. The van der Waals surface area contributed by atoms with Crippen LogP contribution < -0.4 is 5.32 Å². The second-order valence-corrected chi connectivity index (χ2v) is 5.38. The van der Waals surface area contributed by atoms with Crippen LogP contribution in [0.3, 0.4) is 0 Å². The van der Waals surface area contributed by atoms with Gasteiger partial charge in [-0.25, -0.2) is 13.8 Å². The minimum absolute atomic E-state index is 0.167. The molecule has 0 aliphatic carbocycles. The third kappa shape index (κ3) is 2.74. The zero-order chi connectivity index (χ0) is 16.5. The van der Waals surface area contributed by atoms with E-state index in [1.165, 1.54) is 12.1 Å². The van der Waals surface area contributed by atoms with Gasteiger partial charge in [-0.3, -0.25) is 0 Å². The third-order valence-corrected chi connectivity index (χ3v) is 3.72. The van der Waals surface area contributed by atoms with Crippen LogP contribution in [-0.2, 0) is 4.74 Å². The summed E-state index contributed by atoms with van der Waals surface area (Å²) in [6, 6.07) is 7.20. The van der Waals surface area contributed by atoms with Crippen molar-refractivity contribution in [2.24, 2.45) is 0 Å². The van der Waals surface area contributed by atoms with Crippen molar-refractivity contribution in [3.05, 3.63) is 77.6 Å². The Labute approximate surface area is 136 Å². The molecule has 0 saturated heterocycles. The number of aromatic amines is 1. The number of benzene rings is 1.